The van der Waals surface area contributed by atoms with E-state index in [1.165, 1.54) is 6.92 Å². The summed E-state index contributed by atoms with van der Waals surface area (Å²) < 4.78 is 0. The summed E-state index contributed by atoms with van der Waals surface area (Å²) in [5.41, 5.74) is 0.993. The molecule has 4 nitrogen and oxygen atoms in total. The van der Waals surface area contributed by atoms with Gasteiger partial charge in [0.25, 0.3) is 0 Å². The Morgan fingerprint density at radius 3 is 2.88 bits per heavy atom. The molecule has 1 aliphatic heterocycles. The Kier molecular flexibility index (Phi) is 3.38. The molecule has 1 heterocycles. The first-order valence-corrected chi connectivity index (χ1v) is 6.33. The third kappa shape index (κ3) is 2.44. The zero-order valence-electron chi connectivity index (χ0n) is 9.34. The van der Waals surface area contributed by atoms with Crippen molar-refractivity contribution in [3.8, 4) is 0 Å². The number of carbonyl (C=O) groups is 2. The smallest absolute Gasteiger partial charge is 0.325 e. The van der Waals surface area contributed by atoms with Crippen molar-refractivity contribution in [1.29, 1.82) is 0 Å². The molecule has 0 saturated heterocycles. The highest BCUT2D eigenvalue weighted by molar-refractivity contribution is 7.99. The van der Waals surface area contributed by atoms with Gasteiger partial charge in [0.1, 0.15) is 6.04 Å². The van der Waals surface area contributed by atoms with Crippen LogP contribution in [0.5, 0.6) is 0 Å². The van der Waals surface area contributed by atoms with Crippen LogP contribution < -0.4 is 5.32 Å². The van der Waals surface area contributed by atoms with Crippen molar-refractivity contribution in [2.45, 2.75) is 23.8 Å². The van der Waals surface area contributed by atoms with E-state index in [-0.39, 0.29) is 11.8 Å². The van der Waals surface area contributed by atoms with E-state index in [1.54, 1.807) is 11.8 Å². The molecule has 17 heavy (non-hydrogen) atoms. The highest BCUT2D eigenvalue weighted by Gasteiger charge is 2.30. The van der Waals surface area contributed by atoms with Crippen molar-refractivity contribution in [2.24, 2.45) is 0 Å². The zero-order chi connectivity index (χ0) is 12.4. The van der Waals surface area contributed by atoms with Gasteiger partial charge >= 0.3 is 5.97 Å². The molecule has 0 spiro atoms. The lowest BCUT2D eigenvalue weighted by Gasteiger charge is -2.14. The second-order valence-electron chi connectivity index (χ2n) is 3.97. The van der Waals surface area contributed by atoms with Crippen molar-refractivity contribution >= 4 is 23.6 Å². The highest BCUT2D eigenvalue weighted by Crippen LogP contribution is 2.39. The van der Waals surface area contributed by atoms with Gasteiger partial charge in [0.15, 0.2) is 0 Å². The minimum atomic E-state index is -1.02. The van der Waals surface area contributed by atoms with Gasteiger partial charge in [-0.1, -0.05) is 18.2 Å². The van der Waals surface area contributed by atoms with Crippen molar-refractivity contribution in [1.82, 2.24) is 5.32 Å². The normalized spacial score (nSPS) is 19.5. The molecule has 0 saturated carbocycles. The molecule has 1 amide bonds. The lowest BCUT2D eigenvalue weighted by Crippen LogP contribution is -2.41. The molecule has 0 aromatic heterocycles. The number of rotatable bonds is 3. The summed E-state index contributed by atoms with van der Waals surface area (Å²) in [5.74, 6) is -0.787. The Morgan fingerprint density at radius 2 is 2.18 bits per heavy atom. The molecule has 0 aliphatic carbocycles. The number of carboxylic acids is 1. The van der Waals surface area contributed by atoms with Crippen LogP contribution in [-0.2, 0) is 9.59 Å². The van der Waals surface area contributed by atoms with Crippen LogP contribution >= 0.6 is 11.8 Å². The first-order valence-electron chi connectivity index (χ1n) is 5.34. The lowest BCUT2D eigenvalue weighted by molar-refractivity contribution is -0.141. The van der Waals surface area contributed by atoms with Crippen LogP contribution in [0.2, 0.25) is 0 Å². The number of carbonyl (C=O) groups excluding carboxylic acids is 1. The van der Waals surface area contributed by atoms with E-state index in [0.717, 1.165) is 10.5 Å². The van der Waals surface area contributed by atoms with Crippen LogP contribution in [0.4, 0.5) is 0 Å². The van der Waals surface area contributed by atoms with E-state index in [2.05, 4.69) is 5.32 Å². The fraction of sp³-hybridized carbons (Fsp3) is 0.333. The Hall–Kier alpha value is -1.49. The average Bonchev–Trinajstić information content (AvgIpc) is 2.72. The van der Waals surface area contributed by atoms with Crippen LogP contribution in [0.3, 0.4) is 0 Å². The third-order valence-corrected chi connectivity index (χ3v) is 3.93. The zero-order valence-corrected chi connectivity index (χ0v) is 10.2. The molecular weight excluding hydrogens is 238 g/mol. The minimum absolute atomic E-state index is 0.211. The predicted octanol–water partition coefficient (Wildman–Crippen LogP) is 1.47. The SMILES string of the molecule is C[C@@H](NC(=O)C1CSc2ccccc21)C(=O)O. The van der Waals surface area contributed by atoms with Crippen LogP contribution in [-0.4, -0.2) is 28.8 Å². The number of hydrogen-bond donors (Lipinski definition) is 2. The summed E-state index contributed by atoms with van der Waals surface area (Å²) in [6, 6.07) is 6.89. The van der Waals surface area contributed by atoms with Crippen LogP contribution in [0.25, 0.3) is 0 Å². The third-order valence-electron chi connectivity index (χ3n) is 2.75. The number of thioether (sulfide) groups is 1. The largest absolute Gasteiger partial charge is 0.480 e. The molecular formula is C12H13NO3S. The fourth-order valence-corrected chi connectivity index (χ4v) is 2.98. The summed E-state index contributed by atoms with van der Waals surface area (Å²) in [5, 5.41) is 11.3. The predicted molar refractivity (Wildman–Crippen MR) is 65.1 cm³/mol. The quantitative estimate of drug-likeness (QED) is 0.853. The molecule has 90 valence electrons. The Labute approximate surface area is 103 Å². The van der Waals surface area contributed by atoms with Gasteiger partial charge in [-0.25, -0.2) is 0 Å². The van der Waals surface area contributed by atoms with Crippen molar-refractivity contribution in [3.63, 3.8) is 0 Å². The molecule has 5 heteroatoms. The van der Waals surface area contributed by atoms with Gasteiger partial charge in [-0.2, -0.15) is 0 Å². The summed E-state index contributed by atoms with van der Waals surface area (Å²) in [6.07, 6.45) is 0. The van der Waals surface area contributed by atoms with Gasteiger partial charge in [-0.05, 0) is 18.6 Å². The van der Waals surface area contributed by atoms with Crippen molar-refractivity contribution < 1.29 is 14.7 Å². The summed E-state index contributed by atoms with van der Waals surface area (Å²) in [7, 11) is 0. The second kappa shape index (κ2) is 4.79. The molecule has 2 atom stereocenters. The molecule has 2 rings (SSSR count). The molecule has 1 aromatic rings. The van der Waals surface area contributed by atoms with Crippen LogP contribution in [0.1, 0.15) is 18.4 Å². The van der Waals surface area contributed by atoms with E-state index >= 15 is 0 Å². The summed E-state index contributed by atoms with van der Waals surface area (Å²) in [4.78, 5) is 23.7. The molecule has 1 unspecified atom stereocenters. The highest BCUT2D eigenvalue weighted by atomic mass is 32.2. The topological polar surface area (TPSA) is 66.4 Å². The molecule has 2 N–H and O–H groups in total. The summed E-state index contributed by atoms with van der Waals surface area (Å²) >= 11 is 1.63. The number of fused-ring (bicyclic) bond motifs is 1. The number of hydrogen-bond acceptors (Lipinski definition) is 3. The average molecular weight is 251 g/mol. The van der Waals surface area contributed by atoms with Gasteiger partial charge < -0.3 is 10.4 Å². The molecule has 1 aromatic carbocycles. The maximum atomic E-state index is 11.9. The molecule has 0 fully saturated rings. The number of amides is 1. The lowest BCUT2D eigenvalue weighted by atomic mass is 10.0. The summed E-state index contributed by atoms with van der Waals surface area (Å²) in [6.45, 7) is 1.47. The van der Waals surface area contributed by atoms with E-state index in [1.807, 2.05) is 24.3 Å². The number of benzene rings is 1. The van der Waals surface area contributed by atoms with Gasteiger partial charge in [0, 0.05) is 10.6 Å². The van der Waals surface area contributed by atoms with E-state index in [9.17, 15) is 9.59 Å². The van der Waals surface area contributed by atoms with E-state index in [4.69, 9.17) is 5.11 Å². The number of nitrogens with one attached hydrogen (secondary N) is 1. The Morgan fingerprint density at radius 1 is 1.47 bits per heavy atom. The molecule has 0 radical (unpaired) electrons. The van der Waals surface area contributed by atoms with Gasteiger partial charge in [-0.3, -0.25) is 9.59 Å². The van der Waals surface area contributed by atoms with E-state index < -0.39 is 12.0 Å². The van der Waals surface area contributed by atoms with Gasteiger partial charge in [-0.15, -0.1) is 11.8 Å². The first-order chi connectivity index (χ1) is 8.09. The number of aliphatic carboxylic acids is 1. The second-order valence-corrected chi connectivity index (χ2v) is 5.03. The molecule has 0 bridgehead atoms. The molecule has 1 aliphatic rings. The maximum Gasteiger partial charge on any atom is 0.325 e. The maximum absolute atomic E-state index is 11.9. The van der Waals surface area contributed by atoms with E-state index in [0.29, 0.717) is 5.75 Å². The first kappa shape index (κ1) is 12.0. The minimum Gasteiger partial charge on any atom is -0.480 e. The van der Waals surface area contributed by atoms with Gasteiger partial charge in [0.2, 0.25) is 5.91 Å². The van der Waals surface area contributed by atoms with Crippen LogP contribution in [0.15, 0.2) is 29.2 Å². The monoisotopic (exact) mass is 251 g/mol. The fourth-order valence-electron chi connectivity index (χ4n) is 1.76. The standard InChI is InChI=1S/C12H13NO3S/c1-7(12(15)16)13-11(14)9-6-17-10-5-3-2-4-8(9)10/h2-5,7,9H,6H2,1H3,(H,13,14)(H,15,16)/t7-,9?/m1/s1. The van der Waals surface area contributed by atoms with Crippen molar-refractivity contribution in [2.75, 3.05) is 5.75 Å². The number of carboxylic acid groups (broad SMARTS) is 1. The van der Waals surface area contributed by atoms with Crippen LogP contribution in [0, 0.1) is 0 Å². The van der Waals surface area contributed by atoms with Gasteiger partial charge in [0.05, 0.1) is 5.92 Å². The Balaban J connectivity index is 2.10. The Bertz CT molecular complexity index is 461. The van der Waals surface area contributed by atoms with Crippen molar-refractivity contribution in [3.05, 3.63) is 29.8 Å².